The molecule has 0 unspecified atom stereocenters. The second kappa shape index (κ2) is 5.64. The molecule has 0 saturated carbocycles. The third-order valence-corrected chi connectivity index (χ3v) is 6.90. The number of hydrogen-bond donors (Lipinski definition) is 0. The van der Waals surface area contributed by atoms with Gasteiger partial charge >= 0.3 is 0 Å². The minimum Gasteiger partial charge on any atom is -0.255 e. The van der Waals surface area contributed by atoms with Crippen molar-refractivity contribution in [1.82, 2.24) is 15.0 Å². The molecule has 0 atom stereocenters. The van der Waals surface area contributed by atoms with Crippen molar-refractivity contribution in [2.75, 3.05) is 0 Å². The Morgan fingerprint density at radius 2 is 1.48 bits per heavy atom. The summed E-state index contributed by atoms with van der Waals surface area (Å²) < 4.78 is 0. The van der Waals surface area contributed by atoms with Crippen LogP contribution in [0.3, 0.4) is 0 Å². The van der Waals surface area contributed by atoms with E-state index < -0.39 is 0 Å². The Morgan fingerprint density at radius 1 is 0.645 bits per heavy atom. The molecule has 1 aliphatic carbocycles. The van der Waals surface area contributed by atoms with E-state index in [1.165, 1.54) is 21.9 Å². The molecule has 0 radical (unpaired) electrons. The van der Waals surface area contributed by atoms with E-state index in [1.807, 2.05) is 18.5 Å². The van der Waals surface area contributed by atoms with Crippen LogP contribution in [0.2, 0.25) is 0 Å². The lowest BCUT2D eigenvalue weighted by Gasteiger charge is -2.21. The Morgan fingerprint density at radius 3 is 2.42 bits per heavy atom. The largest absolute Gasteiger partial charge is 0.255 e. The zero-order valence-electron chi connectivity index (χ0n) is 17.3. The highest BCUT2D eigenvalue weighted by molar-refractivity contribution is 6.12. The maximum atomic E-state index is 5.25. The Bertz CT molecular complexity index is 1710. The van der Waals surface area contributed by atoms with Crippen LogP contribution >= 0.6 is 0 Å². The predicted molar refractivity (Wildman–Crippen MR) is 127 cm³/mol. The molecule has 0 N–H and O–H groups in total. The smallest absolute Gasteiger partial charge is 0.0972 e. The molecule has 3 heterocycles. The predicted octanol–water partition coefficient (Wildman–Crippen LogP) is 6.79. The van der Waals surface area contributed by atoms with Crippen molar-refractivity contribution in [1.29, 1.82) is 0 Å². The van der Waals surface area contributed by atoms with Gasteiger partial charge in [0.1, 0.15) is 0 Å². The SMILES string of the molecule is CC1(C)c2cc3ccc4cccnc4c3nc2-c2c1ccc1c2ncc2ccccc21. The van der Waals surface area contributed by atoms with Crippen molar-refractivity contribution in [2.45, 2.75) is 19.3 Å². The van der Waals surface area contributed by atoms with Gasteiger partial charge < -0.3 is 0 Å². The molecule has 31 heavy (non-hydrogen) atoms. The molecule has 0 aliphatic heterocycles. The van der Waals surface area contributed by atoms with Crippen LogP contribution in [0.4, 0.5) is 0 Å². The van der Waals surface area contributed by atoms with Crippen LogP contribution in [-0.2, 0) is 5.41 Å². The molecule has 0 fully saturated rings. The fourth-order valence-electron chi connectivity index (χ4n) is 5.28. The van der Waals surface area contributed by atoms with E-state index in [1.54, 1.807) is 0 Å². The number of benzene rings is 3. The zero-order chi connectivity index (χ0) is 20.7. The summed E-state index contributed by atoms with van der Waals surface area (Å²) in [5.41, 5.74) is 7.56. The minimum absolute atomic E-state index is 0.132. The van der Waals surface area contributed by atoms with Gasteiger partial charge in [0.15, 0.2) is 0 Å². The van der Waals surface area contributed by atoms with Gasteiger partial charge in [-0.25, -0.2) is 4.98 Å². The normalized spacial score (nSPS) is 14.4. The zero-order valence-corrected chi connectivity index (χ0v) is 17.3. The van der Waals surface area contributed by atoms with Gasteiger partial charge in [-0.1, -0.05) is 68.4 Å². The van der Waals surface area contributed by atoms with E-state index in [4.69, 9.17) is 9.97 Å². The molecule has 3 heteroatoms. The summed E-state index contributed by atoms with van der Waals surface area (Å²) in [6, 6.07) is 23.6. The quantitative estimate of drug-likeness (QED) is 0.265. The van der Waals surface area contributed by atoms with Crippen LogP contribution in [0.15, 0.2) is 79.1 Å². The van der Waals surface area contributed by atoms with Crippen molar-refractivity contribution in [3.05, 3.63) is 90.3 Å². The maximum Gasteiger partial charge on any atom is 0.0972 e. The van der Waals surface area contributed by atoms with Crippen molar-refractivity contribution in [3.63, 3.8) is 0 Å². The molecule has 0 bridgehead atoms. The summed E-state index contributed by atoms with van der Waals surface area (Å²) in [6.45, 7) is 4.58. The lowest BCUT2D eigenvalue weighted by atomic mass is 9.82. The van der Waals surface area contributed by atoms with Gasteiger partial charge in [0.25, 0.3) is 0 Å². The van der Waals surface area contributed by atoms with Gasteiger partial charge in [0, 0.05) is 44.9 Å². The van der Waals surface area contributed by atoms with Crippen LogP contribution < -0.4 is 0 Å². The first kappa shape index (κ1) is 16.9. The standard InChI is InChI=1S/C28H19N3/c1-28(2)21-12-11-20-19-8-4-3-6-18(19)15-30-26(20)23(21)27-22(28)14-17-10-9-16-7-5-13-29-24(16)25(17)31-27/h3-15H,1-2H3. The van der Waals surface area contributed by atoms with Crippen LogP contribution in [0.5, 0.6) is 0 Å². The maximum absolute atomic E-state index is 5.25. The first-order chi connectivity index (χ1) is 15.1. The number of hydrogen-bond acceptors (Lipinski definition) is 3. The van der Waals surface area contributed by atoms with E-state index in [2.05, 4.69) is 79.5 Å². The van der Waals surface area contributed by atoms with Crippen LogP contribution in [0, 0.1) is 0 Å². The lowest BCUT2D eigenvalue weighted by Crippen LogP contribution is -2.15. The molecule has 6 aromatic rings. The highest BCUT2D eigenvalue weighted by Gasteiger charge is 2.38. The number of pyridine rings is 3. The second-order valence-corrected chi connectivity index (χ2v) is 8.95. The Labute approximate surface area is 179 Å². The molecule has 0 spiro atoms. The average molecular weight is 397 g/mol. The molecule has 3 nitrogen and oxygen atoms in total. The van der Waals surface area contributed by atoms with Gasteiger partial charge in [0.2, 0.25) is 0 Å². The van der Waals surface area contributed by atoms with Crippen LogP contribution in [0.25, 0.3) is 54.7 Å². The molecular weight excluding hydrogens is 378 g/mol. The number of nitrogens with zero attached hydrogens (tertiary/aromatic N) is 3. The second-order valence-electron chi connectivity index (χ2n) is 8.95. The molecule has 7 rings (SSSR count). The van der Waals surface area contributed by atoms with Crippen molar-refractivity contribution in [2.24, 2.45) is 0 Å². The first-order valence-electron chi connectivity index (χ1n) is 10.6. The highest BCUT2D eigenvalue weighted by Crippen LogP contribution is 2.51. The summed E-state index contributed by atoms with van der Waals surface area (Å²) in [7, 11) is 0. The topological polar surface area (TPSA) is 38.7 Å². The summed E-state index contributed by atoms with van der Waals surface area (Å²) in [5, 5.41) is 5.82. The van der Waals surface area contributed by atoms with E-state index >= 15 is 0 Å². The highest BCUT2D eigenvalue weighted by atomic mass is 14.8. The van der Waals surface area contributed by atoms with E-state index in [0.29, 0.717) is 0 Å². The van der Waals surface area contributed by atoms with Crippen molar-refractivity contribution in [3.8, 4) is 11.3 Å². The monoisotopic (exact) mass is 397 g/mol. The molecule has 1 aliphatic rings. The Balaban J connectivity index is 1.66. The van der Waals surface area contributed by atoms with Gasteiger partial charge in [-0.3, -0.25) is 9.97 Å². The third-order valence-electron chi connectivity index (χ3n) is 6.90. The fraction of sp³-hybridized carbons (Fsp3) is 0.107. The molecule has 3 aromatic carbocycles. The van der Waals surface area contributed by atoms with Gasteiger partial charge in [0.05, 0.1) is 22.2 Å². The van der Waals surface area contributed by atoms with Crippen molar-refractivity contribution >= 4 is 43.5 Å². The average Bonchev–Trinajstić information content (AvgIpc) is 3.04. The van der Waals surface area contributed by atoms with Gasteiger partial charge in [-0.05, 0) is 28.6 Å². The summed E-state index contributed by atoms with van der Waals surface area (Å²) >= 11 is 0. The molecule has 146 valence electrons. The van der Waals surface area contributed by atoms with E-state index in [0.717, 1.165) is 44.0 Å². The van der Waals surface area contributed by atoms with Crippen LogP contribution in [-0.4, -0.2) is 15.0 Å². The van der Waals surface area contributed by atoms with E-state index in [9.17, 15) is 0 Å². The first-order valence-corrected chi connectivity index (χ1v) is 10.6. The summed E-state index contributed by atoms with van der Waals surface area (Å²) in [5.74, 6) is 0. The molecule has 3 aromatic heterocycles. The van der Waals surface area contributed by atoms with Crippen molar-refractivity contribution < 1.29 is 0 Å². The third kappa shape index (κ3) is 2.10. The molecular formula is C28H19N3. The van der Waals surface area contributed by atoms with E-state index in [-0.39, 0.29) is 5.41 Å². The Hall–Kier alpha value is -3.85. The lowest BCUT2D eigenvalue weighted by molar-refractivity contribution is 0.660. The van der Waals surface area contributed by atoms with Gasteiger partial charge in [-0.2, -0.15) is 0 Å². The Kier molecular flexibility index (Phi) is 3.07. The minimum atomic E-state index is -0.132. The van der Waals surface area contributed by atoms with Crippen LogP contribution in [0.1, 0.15) is 25.0 Å². The number of aromatic nitrogens is 3. The summed E-state index contributed by atoms with van der Waals surface area (Å²) in [6.07, 6.45) is 3.83. The summed E-state index contributed by atoms with van der Waals surface area (Å²) in [4.78, 5) is 14.8. The van der Waals surface area contributed by atoms with Gasteiger partial charge in [-0.15, -0.1) is 0 Å². The number of fused-ring (bicyclic) bond motifs is 10. The fourth-order valence-corrected chi connectivity index (χ4v) is 5.28. The number of rotatable bonds is 0. The molecule has 0 saturated heterocycles. The molecule has 0 amide bonds.